The fourth-order valence-corrected chi connectivity index (χ4v) is 3.51. The number of imidazole rings is 1. The zero-order valence-corrected chi connectivity index (χ0v) is 14.5. The Labute approximate surface area is 138 Å². The number of benzene rings is 1. The molecular weight excluding hydrogens is 286 g/mol. The smallest absolute Gasteiger partial charge is 0.222 e. The molecule has 1 saturated heterocycles. The number of amides is 1. The maximum atomic E-state index is 12.3. The molecule has 1 fully saturated rings. The number of nitrogens with zero attached hydrogens (tertiary/aromatic N) is 3. The molecule has 1 aliphatic rings. The van der Waals surface area contributed by atoms with E-state index in [0.29, 0.717) is 12.3 Å². The monoisotopic (exact) mass is 313 g/mol. The third-order valence-electron chi connectivity index (χ3n) is 4.79. The highest BCUT2D eigenvalue weighted by atomic mass is 16.2. The van der Waals surface area contributed by atoms with E-state index in [9.17, 15) is 4.79 Å². The van der Waals surface area contributed by atoms with Gasteiger partial charge in [-0.25, -0.2) is 4.98 Å². The van der Waals surface area contributed by atoms with Crippen LogP contribution >= 0.6 is 0 Å². The molecule has 124 valence electrons. The summed E-state index contributed by atoms with van der Waals surface area (Å²) in [4.78, 5) is 19.2. The number of para-hydroxylation sites is 2. The standard InChI is InChI=1S/C19H27N3O/c1-4-18(23)21-12-7-10-17(21)19-20-15-8-5-6-9-16(15)22(19)13-11-14(2)3/h5-6,8-9,14,17H,4,7,10-13H2,1-3H3/t17-/m1/s1. The molecule has 1 aromatic heterocycles. The molecule has 0 aliphatic carbocycles. The van der Waals surface area contributed by atoms with Crippen molar-refractivity contribution < 1.29 is 4.79 Å². The average Bonchev–Trinajstić information content (AvgIpc) is 3.16. The number of carbonyl (C=O) groups is 1. The van der Waals surface area contributed by atoms with Crippen LogP contribution in [0, 0.1) is 5.92 Å². The van der Waals surface area contributed by atoms with E-state index in [1.165, 1.54) is 5.52 Å². The number of likely N-dealkylation sites (tertiary alicyclic amines) is 1. The zero-order chi connectivity index (χ0) is 16.4. The van der Waals surface area contributed by atoms with Crippen LogP contribution in [-0.4, -0.2) is 26.9 Å². The predicted octanol–water partition coefficient (Wildman–Crippen LogP) is 4.16. The number of aromatic nitrogens is 2. The van der Waals surface area contributed by atoms with Gasteiger partial charge in [0.15, 0.2) is 0 Å². The largest absolute Gasteiger partial charge is 0.333 e. The van der Waals surface area contributed by atoms with Crippen LogP contribution in [0.1, 0.15) is 58.3 Å². The van der Waals surface area contributed by atoms with Crippen molar-refractivity contribution in [1.29, 1.82) is 0 Å². The van der Waals surface area contributed by atoms with Gasteiger partial charge in [0.05, 0.1) is 17.1 Å². The fourth-order valence-electron chi connectivity index (χ4n) is 3.51. The molecule has 0 radical (unpaired) electrons. The third-order valence-corrected chi connectivity index (χ3v) is 4.79. The molecule has 1 atom stereocenters. The Hall–Kier alpha value is -1.84. The molecule has 1 amide bonds. The third kappa shape index (κ3) is 3.12. The lowest BCUT2D eigenvalue weighted by Crippen LogP contribution is -2.31. The lowest BCUT2D eigenvalue weighted by molar-refractivity contribution is -0.131. The molecule has 2 heterocycles. The molecule has 3 rings (SSSR count). The molecule has 2 aromatic rings. The first-order valence-corrected chi connectivity index (χ1v) is 8.86. The molecule has 4 nitrogen and oxygen atoms in total. The van der Waals surface area contributed by atoms with E-state index >= 15 is 0 Å². The molecular formula is C19H27N3O. The van der Waals surface area contributed by atoms with Crippen LogP contribution in [0.15, 0.2) is 24.3 Å². The van der Waals surface area contributed by atoms with Gasteiger partial charge in [-0.05, 0) is 37.3 Å². The molecule has 0 unspecified atom stereocenters. The van der Waals surface area contributed by atoms with Gasteiger partial charge in [-0.3, -0.25) is 4.79 Å². The van der Waals surface area contributed by atoms with Crippen LogP contribution < -0.4 is 0 Å². The van der Waals surface area contributed by atoms with Crippen molar-refractivity contribution in [1.82, 2.24) is 14.5 Å². The average molecular weight is 313 g/mol. The molecule has 0 N–H and O–H groups in total. The second-order valence-corrected chi connectivity index (χ2v) is 6.89. The maximum absolute atomic E-state index is 12.3. The van der Waals surface area contributed by atoms with Crippen molar-refractivity contribution in [2.45, 2.75) is 59.0 Å². The van der Waals surface area contributed by atoms with Crippen LogP contribution in [0.3, 0.4) is 0 Å². The number of fused-ring (bicyclic) bond motifs is 1. The van der Waals surface area contributed by atoms with E-state index in [1.54, 1.807) is 0 Å². The van der Waals surface area contributed by atoms with E-state index in [2.05, 4.69) is 36.6 Å². The van der Waals surface area contributed by atoms with Gasteiger partial charge in [0.1, 0.15) is 5.82 Å². The molecule has 0 spiro atoms. The van der Waals surface area contributed by atoms with Crippen LogP contribution in [0.5, 0.6) is 0 Å². The summed E-state index contributed by atoms with van der Waals surface area (Å²) in [5.74, 6) is 1.97. The lowest BCUT2D eigenvalue weighted by atomic mass is 10.1. The molecule has 4 heteroatoms. The Morgan fingerprint density at radius 2 is 2.13 bits per heavy atom. The van der Waals surface area contributed by atoms with E-state index in [-0.39, 0.29) is 11.9 Å². The summed E-state index contributed by atoms with van der Waals surface area (Å²) in [5, 5.41) is 0. The van der Waals surface area contributed by atoms with Crippen LogP contribution in [0.2, 0.25) is 0 Å². The van der Waals surface area contributed by atoms with Gasteiger partial charge in [0.2, 0.25) is 5.91 Å². The predicted molar refractivity (Wildman–Crippen MR) is 93.2 cm³/mol. The molecule has 1 aromatic carbocycles. The Kier molecular flexibility index (Phi) is 4.69. The van der Waals surface area contributed by atoms with Gasteiger partial charge in [-0.1, -0.05) is 32.9 Å². The SMILES string of the molecule is CCC(=O)N1CCC[C@@H]1c1nc2ccccc2n1CCC(C)C. The minimum atomic E-state index is 0.141. The number of carbonyl (C=O) groups excluding carboxylic acids is 1. The summed E-state index contributed by atoms with van der Waals surface area (Å²) in [7, 11) is 0. The van der Waals surface area contributed by atoms with Crippen molar-refractivity contribution >= 4 is 16.9 Å². The Balaban J connectivity index is 2.01. The highest BCUT2D eigenvalue weighted by Gasteiger charge is 2.32. The summed E-state index contributed by atoms with van der Waals surface area (Å²) in [6.45, 7) is 8.28. The highest BCUT2D eigenvalue weighted by molar-refractivity contribution is 5.78. The normalized spacial score (nSPS) is 18.3. The van der Waals surface area contributed by atoms with Crippen molar-refractivity contribution in [3.63, 3.8) is 0 Å². The first kappa shape index (κ1) is 16.0. The molecule has 0 saturated carbocycles. The number of hydrogen-bond acceptors (Lipinski definition) is 2. The quantitative estimate of drug-likeness (QED) is 0.831. The second kappa shape index (κ2) is 6.73. The summed E-state index contributed by atoms with van der Waals surface area (Å²) in [5.41, 5.74) is 2.24. The van der Waals surface area contributed by atoms with Crippen molar-refractivity contribution in [3.8, 4) is 0 Å². The maximum Gasteiger partial charge on any atom is 0.222 e. The number of hydrogen-bond donors (Lipinski definition) is 0. The summed E-state index contributed by atoms with van der Waals surface area (Å²) in [6.07, 6.45) is 3.80. The second-order valence-electron chi connectivity index (χ2n) is 6.89. The van der Waals surface area contributed by atoms with E-state index in [1.807, 2.05) is 17.9 Å². The zero-order valence-electron chi connectivity index (χ0n) is 14.5. The van der Waals surface area contributed by atoms with Crippen molar-refractivity contribution in [3.05, 3.63) is 30.1 Å². The van der Waals surface area contributed by atoms with Crippen LogP contribution in [0.25, 0.3) is 11.0 Å². The van der Waals surface area contributed by atoms with Gasteiger partial charge in [0, 0.05) is 19.5 Å². The Morgan fingerprint density at radius 1 is 1.35 bits per heavy atom. The first-order chi connectivity index (χ1) is 11.1. The number of rotatable bonds is 5. The van der Waals surface area contributed by atoms with Gasteiger partial charge < -0.3 is 9.47 Å². The highest BCUT2D eigenvalue weighted by Crippen LogP contribution is 2.34. The first-order valence-electron chi connectivity index (χ1n) is 8.86. The summed E-state index contributed by atoms with van der Waals surface area (Å²) >= 11 is 0. The van der Waals surface area contributed by atoms with Crippen LogP contribution in [0.4, 0.5) is 0 Å². The van der Waals surface area contributed by atoms with Gasteiger partial charge in [-0.15, -0.1) is 0 Å². The lowest BCUT2D eigenvalue weighted by Gasteiger charge is -2.25. The topological polar surface area (TPSA) is 38.1 Å². The van der Waals surface area contributed by atoms with Gasteiger partial charge >= 0.3 is 0 Å². The Morgan fingerprint density at radius 3 is 2.87 bits per heavy atom. The molecule has 23 heavy (non-hydrogen) atoms. The van der Waals surface area contributed by atoms with Crippen LogP contribution in [-0.2, 0) is 11.3 Å². The minimum Gasteiger partial charge on any atom is -0.333 e. The summed E-state index contributed by atoms with van der Waals surface area (Å²) < 4.78 is 2.35. The van der Waals surface area contributed by atoms with Gasteiger partial charge in [-0.2, -0.15) is 0 Å². The number of aryl methyl sites for hydroxylation is 1. The fraction of sp³-hybridized carbons (Fsp3) is 0.579. The molecule has 0 bridgehead atoms. The molecule has 1 aliphatic heterocycles. The minimum absolute atomic E-state index is 0.141. The Bertz CT molecular complexity index is 689. The summed E-state index contributed by atoms with van der Waals surface area (Å²) in [6, 6.07) is 8.47. The van der Waals surface area contributed by atoms with E-state index in [0.717, 1.165) is 43.7 Å². The van der Waals surface area contributed by atoms with Gasteiger partial charge in [0.25, 0.3) is 0 Å². The van der Waals surface area contributed by atoms with E-state index < -0.39 is 0 Å². The van der Waals surface area contributed by atoms with Crippen molar-refractivity contribution in [2.75, 3.05) is 6.54 Å². The van der Waals surface area contributed by atoms with Crippen molar-refractivity contribution in [2.24, 2.45) is 5.92 Å². The van der Waals surface area contributed by atoms with E-state index in [4.69, 9.17) is 4.98 Å².